The first-order valence-electron chi connectivity index (χ1n) is 5.03. The van der Waals surface area contributed by atoms with Gasteiger partial charge < -0.3 is 4.74 Å². The number of alkyl halides is 3. The van der Waals surface area contributed by atoms with Crippen LogP contribution in [0.3, 0.4) is 0 Å². The second-order valence-corrected chi connectivity index (χ2v) is 3.54. The van der Waals surface area contributed by atoms with Gasteiger partial charge in [0.1, 0.15) is 5.82 Å². The molecule has 0 fully saturated rings. The summed E-state index contributed by atoms with van der Waals surface area (Å²) in [7, 11) is 0.974. The van der Waals surface area contributed by atoms with E-state index in [4.69, 9.17) is 0 Å². The van der Waals surface area contributed by atoms with Crippen molar-refractivity contribution >= 4 is 0 Å². The van der Waals surface area contributed by atoms with Gasteiger partial charge in [-0.15, -0.1) is 0 Å². The summed E-state index contributed by atoms with van der Waals surface area (Å²) in [6, 6.07) is 0. The third kappa shape index (κ3) is 2.35. The van der Waals surface area contributed by atoms with Crippen LogP contribution in [0.4, 0.5) is 17.6 Å². The number of ether oxygens (including phenoxy) is 1. The third-order valence-corrected chi connectivity index (χ3v) is 2.34. The van der Waals surface area contributed by atoms with Crippen molar-refractivity contribution in [2.75, 3.05) is 7.11 Å². The number of hydrogen-bond donors (Lipinski definition) is 0. The second kappa shape index (κ2) is 4.48. The number of aryl methyl sites for hydroxylation is 1. The molecule has 0 aromatic carbocycles. The number of imidazole rings is 1. The summed E-state index contributed by atoms with van der Waals surface area (Å²) >= 11 is 0. The Labute approximate surface area is 104 Å². The van der Waals surface area contributed by atoms with E-state index in [1.807, 2.05) is 0 Å². The molecule has 2 aromatic heterocycles. The fraction of sp³-hybridized carbons (Fsp3) is 0.300. The van der Waals surface area contributed by atoms with Crippen LogP contribution in [0, 0.1) is 12.9 Å². The first-order chi connectivity index (χ1) is 8.84. The molecule has 2 rings (SSSR count). The van der Waals surface area contributed by atoms with Crippen LogP contribution in [0.2, 0.25) is 0 Å². The standard InChI is InChI=1S/C10H8F4N4O/c1-5-15-3-4-18(5)9-16-7(11)6(10(12,13)14)8(17-9)19-2/h3-4H,1-2H3. The van der Waals surface area contributed by atoms with E-state index in [-0.39, 0.29) is 5.95 Å². The van der Waals surface area contributed by atoms with E-state index in [0.717, 1.165) is 7.11 Å². The van der Waals surface area contributed by atoms with Crippen LogP contribution in [0.15, 0.2) is 12.4 Å². The van der Waals surface area contributed by atoms with Crippen LogP contribution in [0.25, 0.3) is 5.95 Å². The van der Waals surface area contributed by atoms with Crippen LogP contribution >= 0.6 is 0 Å². The number of hydrogen-bond acceptors (Lipinski definition) is 4. The van der Waals surface area contributed by atoms with Crippen LogP contribution in [-0.4, -0.2) is 26.6 Å². The fourth-order valence-electron chi connectivity index (χ4n) is 1.49. The summed E-state index contributed by atoms with van der Waals surface area (Å²) in [5.41, 5.74) is -1.63. The zero-order valence-electron chi connectivity index (χ0n) is 9.86. The summed E-state index contributed by atoms with van der Waals surface area (Å²) < 4.78 is 57.2. The van der Waals surface area contributed by atoms with Crippen molar-refractivity contribution in [1.82, 2.24) is 19.5 Å². The lowest BCUT2D eigenvalue weighted by Gasteiger charge is -2.13. The largest absolute Gasteiger partial charge is 0.480 e. The van der Waals surface area contributed by atoms with E-state index in [2.05, 4.69) is 19.7 Å². The van der Waals surface area contributed by atoms with Crippen LogP contribution < -0.4 is 4.74 Å². The van der Waals surface area contributed by atoms with Gasteiger partial charge >= 0.3 is 6.18 Å². The van der Waals surface area contributed by atoms with Crippen molar-refractivity contribution in [3.8, 4) is 11.8 Å². The smallest absolute Gasteiger partial charge is 0.426 e. The average Bonchev–Trinajstić information content (AvgIpc) is 2.72. The molecule has 0 radical (unpaired) electrons. The maximum absolute atomic E-state index is 13.5. The fourth-order valence-corrected chi connectivity index (χ4v) is 1.49. The Kier molecular flexibility index (Phi) is 3.13. The molecule has 0 atom stereocenters. The molecule has 0 spiro atoms. The lowest BCUT2D eigenvalue weighted by Crippen LogP contribution is -2.16. The zero-order chi connectivity index (χ0) is 14.2. The summed E-state index contributed by atoms with van der Waals surface area (Å²) in [5, 5.41) is 0. The molecule has 0 N–H and O–H groups in total. The molecule has 102 valence electrons. The molecule has 2 heterocycles. The molecule has 9 heteroatoms. The number of methoxy groups -OCH3 is 1. The highest BCUT2D eigenvalue weighted by Gasteiger charge is 2.40. The predicted molar refractivity (Wildman–Crippen MR) is 55.4 cm³/mol. The zero-order valence-corrected chi connectivity index (χ0v) is 9.86. The molecule has 0 amide bonds. The average molecular weight is 276 g/mol. The van der Waals surface area contributed by atoms with Gasteiger partial charge in [-0.05, 0) is 6.92 Å². The monoisotopic (exact) mass is 276 g/mol. The van der Waals surface area contributed by atoms with Crippen molar-refractivity contribution in [2.45, 2.75) is 13.1 Å². The van der Waals surface area contributed by atoms with E-state index in [1.165, 1.54) is 17.0 Å². The molecule has 19 heavy (non-hydrogen) atoms. The van der Waals surface area contributed by atoms with Crippen LogP contribution in [-0.2, 0) is 6.18 Å². The summed E-state index contributed by atoms with van der Waals surface area (Å²) in [5.74, 6) is -2.44. The van der Waals surface area contributed by atoms with E-state index in [1.54, 1.807) is 6.92 Å². The highest BCUT2D eigenvalue weighted by atomic mass is 19.4. The Hall–Kier alpha value is -2.19. The Morgan fingerprint density at radius 3 is 2.42 bits per heavy atom. The Morgan fingerprint density at radius 2 is 1.95 bits per heavy atom. The van der Waals surface area contributed by atoms with Crippen molar-refractivity contribution in [1.29, 1.82) is 0 Å². The lowest BCUT2D eigenvalue weighted by atomic mass is 10.3. The van der Waals surface area contributed by atoms with Gasteiger partial charge in [0.15, 0.2) is 5.56 Å². The first-order valence-corrected chi connectivity index (χ1v) is 5.03. The normalized spacial score (nSPS) is 11.7. The molecule has 0 saturated carbocycles. The highest BCUT2D eigenvalue weighted by molar-refractivity contribution is 5.32. The van der Waals surface area contributed by atoms with Crippen molar-refractivity contribution in [3.63, 3.8) is 0 Å². The number of nitrogens with zero attached hydrogens (tertiary/aromatic N) is 4. The van der Waals surface area contributed by atoms with Gasteiger partial charge in [-0.3, -0.25) is 4.57 Å². The quantitative estimate of drug-likeness (QED) is 0.623. The third-order valence-electron chi connectivity index (χ3n) is 2.34. The van der Waals surface area contributed by atoms with Gasteiger partial charge in [0, 0.05) is 12.4 Å². The van der Waals surface area contributed by atoms with Crippen molar-refractivity contribution in [2.24, 2.45) is 0 Å². The van der Waals surface area contributed by atoms with E-state index in [0.29, 0.717) is 5.82 Å². The molecule has 0 aliphatic rings. The predicted octanol–water partition coefficient (Wildman–Crippen LogP) is 2.14. The summed E-state index contributed by atoms with van der Waals surface area (Å²) in [6.45, 7) is 1.57. The molecule has 0 aliphatic carbocycles. The molecular formula is C10H8F4N4O. The molecule has 0 aliphatic heterocycles. The van der Waals surface area contributed by atoms with Crippen molar-refractivity contribution < 1.29 is 22.3 Å². The van der Waals surface area contributed by atoms with Gasteiger partial charge in [0.25, 0.3) is 0 Å². The Balaban J connectivity index is 2.64. The molecule has 2 aromatic rings. The summed E-state index contributed by atoms with van der Waals surface area (Å²) in [6.07, 6.45) is -2.14. The maximum atomic E-state index is 13.5. The SMILES string of the molecule is COc1nc(-n2ccnc2C)nc(F)c1C(F)(F)F. The van der Waals surface area contributed by atoms with Crippen LogP contribution in [0.5, 0.6) is 5.88 Å². The van der Waals surface area contributed by atoms with Crippen molar-refractivity contribution in [3.05, 3.63) is 29.7 Å². The molecular weight excluding hydrogens is 268 g/mol. The molecule has 0 saturated heterocycles. The number of halogens is 4. The molecule has 5 nitrogen and oxygen atoms in total. The Morgan fingerprint density at radius 1 is 1.26 bits per heavy atom. The van der Waals surface area contributed by atoms with E-state index < -0.39 is 23.6 Å². The number of rotatable bonds is 2. The van der Waals surface area contributed by atoms with Gasteiger partial charge in [-0.2, -0.15) is 27.5 Å². The van der Waals surface area contributed by atoms with Gasteiger partial charge in [-0.1, -0.05) is 0 Å². The highest BCUT2D eigenvalue weighted by Crippen LogP contribution is 2.36. The van der Waals surface area contributed by atoms with Gasteiger partial charge in [-0.25, -0.2) is 4.98 Å². The maximum Gasteiger partial charge on any atom is 0.426 e. The minimum atomic E-state index is -4.93. The topological polar surface area (TPSA) is 52.8 Å². The van der Waals surface area contributed by atoms with Crippen LogP contribution in [0.1, 0.15) is 11.4 Å². The van der Waals surface area contributed by atoms with Gasteiger partial charge in [0.05, 0.1) is 7.11 Å². The first kappa shape index (κ1) is 13.2. The second-order valence-electron chi connectivity index (χ2n) is 3.54. The molecule has 0 unspecified atom stereocenters. The molecule has 0 bridgehead atoms. The Bertz CT molecular complexity index is 608. The minimum Gasteiger partial charge on any atom is -0.480 e. The number of aromatic nitrogens is 4. The summed E-state index contributed by atoms with van der Waals surface area (Å²) in [4.78, 5) is 10.6. The van der Waals surface area contributed by atoms with E-state index >= 15 is 0 Å². The lowest BCUT2D eigenvalue weighted by molar-refractivity contribution is -0.142. The van der Waals surface area contributed by atoms with Gasteiger partial charge in [0.2, 0.25) is 17.8 Å². The minimum absolute atomic E-state index is 0.280. The van der Waals surface area contributed by atoms with E-state index in [9.17, 15) is 17.6 Å².